The molecule has 0 radical (unpaired) electrons. The van der Waals surface area contributed by atoms with Crippen LogP contribution in [0.15, 0.2) is 0 Å². The number of nitrogens with one attached hydrogen (secondary N) is 2. The molecule has 6 fully saturated rings. The van der Waals surface area contributed by atoms with E-state index in [1.807, 2.05) is 41.5 Å². The van der Waals surface area contributed by atoms with Gasteiger partial charge in [0.15, 0.2) is 0 Å². The summed E-state index contributed by atoms with van der Waals surface area (Å²) in [5.41, 5.74) is 3.61. The van der Waals surface area contributed by atoms with Gasteiger partial charge in [0.25, 0.3) is 11.8 Å². The Balaban J connectivity index is 0.000000243. The van der Waals surface area contributed by atoms with Crippen molar-refractivity contribution >= 4 is 46.5 Å². The monoisotopic (exact) mass is 936 g/mol. The molecule has 0 unspecified atom stereocenters. The molecule has 64 heavy (non-hydrogen) atoms. The minimum absolute atomic E-state index is 0.0241. The van der Waals surface area contributed by atoms with Crippen LogP contribution in [0.5, 0.6) is 0 Å². The van der Waals surface area contributed by atoms with Crippen molar-refractivity contribution in [1.29, 1.82) is 0 Å². The van der Waals surface area contributed by atoms with Gasteiger partial charge in [-0.1, -0.05) is 0 Å². The highest BCUT2D eigenvalue weighted by Crippen LogP contribution is 2.31. The number of urea groups is 2. The molecule has 6 heterocycles. The van der Waals surface area contributed by atoms with Gasteiger partial charge >= 0.3 is 34.6 Å². The zero-order valence-electron chi connectivity index (χ0n) is 37.3. The van der Waals surface area contributed by atoms with Gasteiger partial charge in [0, 0.05) is 39.3 Å². The number of hydroxylamine groups is 6. The summed E-state index contributed by atoms with van der Waals surface area (Å²) in [6, 6.07) is -3.66. The van der Waals surface area contributed by atoms with Crippen LogP contribution in [0.25, 0.3) is 0 Å². The maximum atomic E-state index is 12.4. The quantitative estimate of drug-likeness (QED) is 0.0832. The van der Waals surface area contributed by atoms with Gasteiger partial charge in [0.1, 0.15) is 23.3 Å². The molecular formula is C38H64N8O17S. The Labute approximate surface area is 372 Å². The fourth-order valence-corrected chi connectivity index (χ4v) is 8.37. The highest BCUT2D eigenvalue weighted by atomic mass is 32.3. The van der Waals surface area contributed by atoms with Crippen LogP contribution in [0.1, 0.15) is 92.9 Å². The van der Waals surface area contributed by atoms with E-state index in [9.17, 15) is 42.4 Å². The molecule has 0 aliphatic carbocycles. The normalized spacial score (nSPS) is 24.4. The summed E-state index contributed by atoms with van der Waals surface area (Å²) in [7, 11) is -4.85. The van der Waals surface area contributed by atoms with Crippen LogP contribution >= 0.6 is 0 Å². The first-order chi connectivity index (χ1) is 30.0. The van der Waals surface area contributed by atoms with Gasteiger partial charge in [-0.3, -0.25) is 29.0 Å². The number of rotatable bonds is 14. The summed E-state index contributed by atoms with van der Waals surface area (Å²) >= 11 is 0. The van der Waals surface area contributed by atoms with E-state index in [1.54, 1.807) is 9.80 Å². The predicted molar refractivity (Wildman–Crippen MR) is 218 cm³/mol. The van der Waals surface area contributed by atoms with Crippen molar-refractivity contribution in [3.8, 4) is 0 Å². The molecule has 0 aromatic carbocycles. The number of hydrogen-bond donors (Lipinski definition) is 4. The fourth-order valence-electron chi connectivity index (χ4n) is 7.98. The zero-order chi connectivity index (χ0) is 47.0. The third kappa shape index (κ3) is 14.6. The van der Waals surface area contributed by atoms with Gasteiger partial charge in [-0.05, 0) is 92.9 Å². The van der Waals surface area contributed by atoms with Gasteiger partial charge in [-0.2, -0.15) is 13.5 Å². The number of fused-ring (bicyclic) bond motifs is 4. The highest BCUT2D eigenvalue weighted by Gasteiger charge is 2.50. The first-order valence-electron chi connectivity index (χ1n) is 21.6. The molecule has 6 rings (SSSR count). The van der Waals surface area contributed by atoms with Gasteiger partial charge in [0.05, 0.1) is 50.7 Å². The molecule has 8 amide bonds. The van der Waals surface area contributed by atoms with Crippen molar-refractivity contribution in [2.24, 2.45) is 0 Å². The molecule has 364 valence electrons. The molecule has 6 aliphatic heterocycles. The van der Waals surface area contributed by atoms with E-state index in [2.05, 4.69) is 15.2 Å². The number of ether oxygens (including phenoxy) is 4. The second kappa shape index (κ2) is 21.8. The second-order valence-corrected chi connectivity index (χ2v) is 19.2. The van der Waals surface area contributed by atoms with Gasteiger partial charge in [0.2, 0.25) is 0 Å². The van der Waals surface area contributed by atoms with Gasteiger partial charge in [-0.15, -0.1) is 4.28 Å². The molecule has 0 spiro atoms. The summed E-state index contributed by atoms with van der Waals surface area (Å²) in [6.45, 7) is 14.4. The summed E-state index contributed by atoms with van der Waals surface area (Å²) in [5, 5.41) is 10.9. The lowest BCUT2D eigenvalue weighted by atomic mass is 10.0. The van der Waals surface area contributed by atoms with Crippen molar-refractivity contribution in [3.63, 3.8) is 0 Å². The van der Waals surface area contributed by atoms with E-state index in [0.717, 1.165) is 0 Å². The minimum atomic E-state index is -4.85. The third-order valence-corrected chi connectivity index (χ3v) is 11.4. The molecule has 4 atom stereocenters. The highest BCUT2D eigenvalue weighted by molar-refractivity contribution is 7.80. The smallest absolute Gasteiger partial charge is 0.418 e. The van der Waals surface area contributed by atoms with Crippen LogP contribution in [0.3, 0.4) is 0 Å². The number of carbonyl (C=O) groups is 6. The number of nitrogens with zero attached hydrogens (tertiary/aromatic N) is 6. The van der Waals surface area contributed by atoms with E-state index >= 15 is 0 Å². The van der Waals surface area contributed by atoms with E-state index in [-0.39, 0.29) is 63.2 Å². The van der Waals surface area contributed by atoms with Crippen molar-refractivity contribution in [3.05, 3.63) is 0 Å². The Hall–Kier alpha value is -4.31. The number of hydrogen-bond acceptors (Lipinski definition) is 16. The van der Waals surface area contributed by atoms with E-state index < -0.39 is 63.6 Å². The second-order valence-electron chi connectivity index (χ2n) is 18.2. The molecule has 0 saturated carbocycles. The Morgan fingerprint density at radius 2 is 1.03 bits per heavy atom. The van der Waals surface area contributed by atoms with E-state index in [4.69, 9.17) is 33.2 Å². The van der Waals surface area contributed by atoms with Crippen molar-refractivity contribution < 1.29 is 79.9 Å². The molecule has 0 aromatic heterocycles. The van der Waals surface area contributed by atoms with Crippen molar-refractivity contribution in [2.75, 3.05) is 65.7 Å². The number of likely N-dealkylation sites (tertiary alicyclic amines) is 2. The predicted octanol–water partition coefficient (Wildman–Crippen LogP) is 1.56. The van der Waals surface area contributed by atoms with Crippen molar-refractivity contribution in [2.45, 2.75) is 140 Å². The molecule has 6 aliphatic rings. The van der Waals surface area contributed by atoms with Crippen molar-refractivity contribution in [1.82, 2.24) is 40.7 Å². The molecule has 4 N–H and O–H groups in total. The molecule has 4 bridgehead atoms. The van der Waals surface area contributed by atoms with Crippen LogP contribution in [-0.4, -0.2) is 197 Å². The topological polar surface area (TPSA) is 285 Å². The molecule has 25 nitrogen and oxygen atoms in total. The van der Waals surface area contributed by atoms with Crippen LogP contribution in [0.2, 0.25) is 0 Å². The van der Waals surface area contributed by atoms with E-state index in [1.165, 1.54) is 9.80 Å². The maximum absolute atomic E-state index is 12.4. The number of piperidine rings is 4. The summed E-state index contributed by atoms with van der Waals surface area (Å²) in [6.07, 6.45) is 3.74. The van der Waals surface area contributed by atoms with E-state index in [0.29, 0.717) is 94.4 Å². The Morgan fingerprint density at radius 3 is 1.45 bits per heavy atom. The Bertz CT molecular complexity index is 1760. The average molecular weight is 937 g/mol. The standard InChI is InChI=1S/C19H32N4O10S.C19H32N4O7/c1-19(2,3)32-18(26)21-8-6-14(7-9-21)30-10-11-31-20-16(24)15-5-4-13-12-22(15)17(25)23(13)33-34(27,28)29;1-19(2,3)30-18(26)21-8-6-14(7-9-21)28-10-11-29-20-16(24)15-5-4-13-12-22(15)17(25)23(13)27/h13-15H,4-12H2,1-3H3,(H,20,24)(H,27,28,29);13-15,27H,4-12H2,1-3H3,(H,20,24)/t2*13-,15+/m11/s1. The van der Waals surface area contributed by atoms with Gasteiger partial charge < -0.3 is 38.5 Å². The maximum Gasteiger partial charge on any atom is 0.418 e. The zero-order valence-corrected chi connectivity index (χ0v) is 38.1. The number of carbonyl (C=O) groups excluding carboxylic acids is 6. The first-order valence-corrected chi connectivity index (χ1v) is 22.9. The molecule has 26 heteroatoms. The molecular weight excluding hydrogens is 873 g/mol. The summed E-state index contributed by atoms with van der Waals surface area (Å²) in [4.78, 5) is 89.4. The average Bonchev–Trinajstić information content (AvgIpc) is 3.57. The molecule has 0 aromatic rings. The largest absolute Gasteiger partial charge is 0.444 e. The van der Waals surface area contributed by atoms with Gasteiger partial charge in [-0.25, -0.2) is 35.2 Å². The molecule has 6 saturated heterocycles. The van der Waals surface area contributed by atoms with Crippen LogP contribution in [0.4, 0.5) is 19.2 Å². The lowest BCUT2D eigenvalue weighted by molar-refractivity contribution is -0.141. The lowest BCUT2D eigenvalue weighted by Crippen LogP contribution is -2.50. The minimum Gasteiger partial charge on any atom is -0.444 e. The third-order valence-electron chi connectivity index (χ3n) is 11.1. The summed E-state index contributed by atoms with van der Waals surface area (Å²) < 4.78 is 57.3. The Morgan fingerprint density at radius 1 is 0.625 bits per heavy atom. The Kier molecular flexibility index (Phi) is 17.3. The first kappa shape index (κ1) is 50.7. The van der Waals surface area contributed by atoms with Crippen LogP contribution < -0.4 is 11.0 Å². The van der Waals surface area contributed by atoms with Crippen LogP contribution in [-0.2, 0) is 52.9 Å². The lowest BCUT2D eigenvalue weighted by Gasteiger charge is -2.33. The number of amides is 8. The SMILES string of the molecule is CC(C)(C)OC(=O)N1CCC(OCCONC(=O)[C@@H]2CC[C@@H]3CN2C(=O)N3O)CC1.CC(C)(C)OC(=O)N1CCC(OCCONC(=O)[C@@H]2CC[C@@H]3CN2C(=O)N3OS(=O)(=O)O)CC1. The fraction of sp³-hybridized carbons (Fsp3) is 0.842. The summed E-state index contributed by atoms with van der Waals surface area (Å²) in [5.74, 6) is -0.950. The van der Waals surface area contributed by atoms with Crippen LogP contribution in [0, 0.1) is 0 Å².